The van der Waals surface area contributed by atoms with Crippen LogP contribution in [0.3, 0.4) is 0 Å². The Hall–Kier alpha value is -1.17. The first-order valence-corrected chi connectivity index (χ1v) is 7.61. The Morgan fingerprint density at radius 1 is 1.48 bits per heavy atom. The van der Waals surface area contributed by atoms with Crippen molar-refractivity contribution in [2.75, 3.05) is 13.7 Å². The van der Waals surface area contributed by atoms with Gasteiger partial charge in [-0.05, 0) is 40.0 Å². The summed E-state index contributed by atoms with van der Waals surface area (Å²) in [6.07, 6.45) is 5.92. The predicted octanol–water partition coefficient (Wildman–Crippen LogP) is 2.04. The first kappa shape index (κ1) is 16.2. The second kappa shape index (κ2) is 6.73. The molecule has 2 unspecified atom stereocenters. The fourth-order valence-electron chi connectivity index (χ4n) is 3.15. The van der Waals surface area contributed by atoms with Gasteiger partial charge in [-0.3, -0.25) is 16.3 Å². The molecule has 1 aromatic heterocycles. The minimum absolute atomic E-state index is 0.0383. The Morgan fingerprint density at radius 2 is 2.24 bits per heavy atom. The number of hydrogen-bond donors (Lipinski definition) is 2. The second-order valence-corrected chi connectivity index (χ2v) is 6.09. The summed E-state index contributed by atoms with van der Waals surface area (Å²) in [5.74, 6) is 6.71. The number of ether oxygens (including phenoxy) is 2. The maximum Gasteiger partial charge on any atom is 0.128 e. The highest BCUT2D eigenvalue weighted by Gasteiger charge is 2.37. The number of nitrogens with zero attached hydrogens (tertiary/aromatic N) is 1. The van der Waals surface area contributed by atoms with Crippen LogP contribution in [0.5, 0.6) is 5.75 Å². The number of pyridine rings is 1. The summed E-state index contributed by atoms with van der Waals surface area (Å²) < 4.78 is 11.5. The maximum atomic E-state index is 6.01. The normalized spacial score (nSPS) is 23.9. The lowest BCUT2D eigenvalue weighted by molar-refractivity contribution is -0.0886. The molecular formula is C16H27N3O2. The number of nitrogens with two attached hydrogens (primary N) is 1. The van der Waals surface area contributed by atoms with Crippen LogP contribution in [-0.2, 0) is 11.2 Å². The van der Waals surface area contributed by atoms with Gasteiger partial charge in [-0.25, -0.2) is 0 Å². The van der Waals surface area contributed by atoms with Gasteiger partial charge in [0, 0.05) is 36.0 Å². The average molecular weight is 293 g/mol. The third-order valence-electron chi connectivity index (χ3n) is 4.58. The van der Waals surface area contributed by atoms with E-state index in [9.17, 15) is 0 Å². The van der Waals surface area contributed by atoms with E-state index in [2.05, 4.69) is 17.3 Å². The van der Waals surface area contributed by atoms with Crippen LogP contribution in [0.25, 0.3) is 0 Å². The third-order valence-corrected chi connectivity index (χ3v) is 4.58. The standard InChI is InChI=1S/C16H27N3O2/c1-11-10-18-13(12(2)15(11)20-4)9-14(19-17)16(3)7-5-6-8-21-16/h10,14,19H,5-9,17H2,1-4H3. The van der Waals surface area contributed by atoms with Crippen molar-refractivity contribution in [3.63, 3.8) is 0 Å². The fraction of sp³-hybridized carbons (Fsp3) is 0.688. The van der Waals surface area contributed by atoms with E-state index in [-0.39, 0.29) is 11.6 Å². The molecule has 1 aliphatic heterocycles. The molecule has 0 bridgehead atoms. The monoisotopic (exact) mass is 293 g/mol. The minimum Gasteiger partial charge on any atom is -0.496 e. The Morgan fingerprint density at radius 3 is 2.81 bits per heavy atom. The summed E-state index contributed by atoms with van der Waals surface area (Å²) >= 11 is 0. The smallest absolute Gasteiger partial charge is 0.128 e. The molecule has 0 spiro atoms. The number of nitrogens with one attached hydrogen (secondary N) is 1. The van der Waals surface area contributed by atoms with Gasteiger partial charge in [-0.1, -0.05) is 0 Å². The van der Waals surface area contributed by atoms with Gasteiger partial charge < -0.3 is 9.47 Å². The van der Waals surface area contributed by atoms with Gasteiger partial charge in [-0.15, -0.1) is 0 Å². The van der Waals surface area contributed by atoms with Crippen molar-refractivity contribution in [3.05, 3.63) is 23.0 Å². The van der Waals surface area contributed by atoms with Crippen molar-refractivity contribution >= 4 is 0 Å². The molecule has 118 valence electrons. The molecule has 0 aromatic carbocycles. The lowest BCUT2D eigenvalue weighted by Gasteiger charge is -2.40. The number of methoxy groups -OCH3 is 1. The van der Waals surface area contributed by atoms with E-state index in [0.29, 0.717) is 0 Å². The predicted molar refractivity (Wildman–Crippen MR) is 83.3 cm³/mol. The Balaban J connectivity index is 2.22. The number of rotatable bonds is 5. The summed E-state index contributed by atoms with van der Waals surface area (Å²) in [4.78, 5) is 4.57. The van der Waals surface area contributed by atoms with Gasteiger partial charge >= 0.3 is 0 Å². The van der Waals surface area contributed by atoms with E-state index < -0.39 is 0 Å². The molecule has 0 radical (unpaired) electrons. The molecular weight excluding hydrogens is 266 g/mol. The molecule has 1 saturated heterocycles. The Kier molecular flexibility index (Phi) is 5.19. The molecule has 1 aromatic rings. The summed E-state index contributed by atoms with van der Waals surface area (Å²) in [6, 6.07) is 0.0383. The van der Waals surface area contributed by atoms with Crippen molar-refractivity contribution in [2.45, 2.75) is 58.1 Å². The molecule has 3 N–H and O–H groups in total. The first-order chi connectivity index (χ1) is 10.0. The average Bonchev–Trinajstić information content (AvgIpc) is 2.47. The highest BCUT2D eigenvalue weighted by atomic mass is 16.5. The SMILES string of the molecule is COc1c(C)cnc(CC(NN)C2(C)CCCCO2)c1C. The topological polar surface area (TPSA) is 69.4 Å². The Bertz CT molecular complexity index is 485. The van der Waals surface area contributed by atoms with Crippen LogP contribution >= 0.6 is 0 Å². The van der Waals surface area contributed by atoms with Crippen molar-refractivity contribution in [3.8, 4) is 5.75 Å². The molecule has 0 saturated carbocycles. The van der Waals surface area contributed by atoms with Crippen molar-refractivity contribution in [2.24, 2.45) is 5.84 Å². The van der Waals surface area contributed by atoms with Gasteiger partial charge in [-0.2, -0.15) is 0 Å². The van der Waals surface area contributed by atoms with Gasteiger partial charge in [0.05, 0.1) is 18.8 Å². The van der Waals surface area contributed by atoms with Crippen LogP contribution in [0, 0.1) is 13.8 Å². The molecule has 5 nitrogen and oxygen atoms in total. The molecule has 1 aliphatic rings. The molecule has 1 fully saturated rings. The zero-order chi connectivity index (χ0) is 15.5. The summed E-state index contributed by atoms with van der Waals surface area (Å²) in [7, 11) is 1.70. The van der Waals surface area contributed by atoms with Gasteiger partial charge in [0.25, 0.3) is 0 Å². The number of aryl methyl sites for hydroxylation is 1. The minimum atomic E-state index is -0.237. The second-order valence-electron chi connectivity index (χ2n) is 6.09. The van der Waals surface area contributed by atoms with E-state index in [4.69, 9.17) is 15.3 Å². The van der Waals surface area contributed by atoms with Crippen LogP contribution < -0.4 is 16.0 Å². The quantitative estimate of drug-likeness (QED) is 0.642. The lowest BCUT2D eigenvalue weighted by Crippen LogP contribution is -2.55. The molecule has 2 heterocycles. The molecule has 5 heteroatoms. The van der Waals surface area contributed by atoms with E-state index in [0.717, 1.165) is 48.4 Å². The van der Waals surface area contributed by atoms with Crippen LogP contribution in [0.1, 0.15) is 43.0 Å². The molecule has 21 heavy (non-hydrogen) atoms. The summed E-state index contributed by atoms with van der Waals surface area (Å²) in [5, 5.41) is 0. The molecule has 0 amide bonds. The van der Waals surface area contributed by atoms with Crippen LogP contribution in [0.4, 0.5) is 0 Å². The largest absolute Gasteiger partial charge is 0.496 e. The number of hydrazine groups is 1. The van der Waals surface area contributed by atoms with Crippen molar-refractivity contribution in [1.29, 1.82) is 0 Å². The van der Waals surface area contributed by atoms with E-state index in [1.807, 2.05) is 20.0 Å². The van der Waals surface area contributed by atoms with Crippen LogP contribution in [-0.4, -0.2) is 30.3 Å². The van der Waals surface area contributed by atoms with Crippen LogP contribution in [0.15, 0.2) is 6.20 Å². The van der Waals surface area contributed by atoms with Gasteiger partial charge in [0.1, 0.15) is 5.75 Å². The highest BCUT2D eigenvalue weighted by molar-refractivity contribution is 5.41. The summed E-state index contributed by atoms with van der Waals surface area (Å²) in [5.41, 5.74) is 5.84. The van der Waals surface area contributed by atoms with Gasteiger partial charge in [0.2, 0.25) is 0 Å². The van der Waals surface area contributed by atoms with Crippen molar-refractivity contribution in [1.82, 2.24) is 10.4 Å². The molecule has 0 aliphatic carbocycles. The molecule has 2 rings (SSSR count). The van der Waals surface area contributed by atoms with Crippen LogP contribution in [0.2, 0.25) is 0 Å². The van der Waals surface area contributed by atoms with E-state index in [1.54, 1.807) is 7.11 Å². The van der Waals surface area contributed by atoms with E-state index >= 15 is 0 Å². The first-order valence-electron chi connectivity index (χ1n) is 7.61. The highest BCUT2D eigenvalue weighted by Crippen LogP contribution is 2.31. The zero-order valence-corrected chi connectivity index (χ0v) is 13.5. The lowest BCUT2D eigenvalue weighted by atomic mass is 9.85. The van der Waals surface area contributed by atoms with Gasteiger partial charge in [0.15, 0.2) is 0 Å². The van der Waals surface area contributed by atoms with Crippen molar-refractivity contribution < 1.29 is 9.47 Å². The summed E-state index contributed by atoms with van der Waals surface area (Å²) in [6.45, 7) is 6.99. The van der Waals surface area contributed by atoms with E-state index in [1.165, 1.54) is 6.42 Å². The number of aromatic nitrogens is 1. The third kappa shape index (κ3) is 3.36. The molecule has 2 atom stereocenters. The number of hydrogen-bond acceptors (Lipinski definition) is 5. The Labute approximate surface area is 127 Å². The maximum absolute atomic E-state index is 6.01. The fourth-order valence-corrected chi connectivity index (χ4v) is 3.15. The zero-order valence-electron chi connectivity index (χ0n) is 13.5.